The lowest BCUT2D eigenvalue weighted by Gasteiger charge is -2.27. The molecule has 0 heterocycles. The molecule has 0 fully saturated rings. The molecule has 0 radical (unpaired) electrons. The van der Waals surface area contributed by atoms with Gasteiger partial charge in [-0.3, -0.25) is 0 Å². The van der Waals surface area contributed by atoms with E-state index < -0.39 is 32.3 Å². The first-order valence-electron chi connectivity index (χ1n) is 21.0. The van der Waals surface area contributed by atoms with Gasteiger partial charge in [-0.25, -0.2) is 0 Å². The number of hydrogen-bond donors (Lipinski definition) is 0. The van der Waals surface area contributed by atoms with Gasteiger partial charge in [-0.15, -0.1) is 0 Å². The van der Waals surface area contributed by atoms with E-state index in [4.69, 9.17) is 87.6 Å². The van der Waals surface area contributed by atoms with Crippen LogP contribution in [0.25, 0.3) is 0 Å². The second kappa shape index (κ2) is 31.7. The van der Waals surface area contributed by atoms with Gasteiger partial charge in [0.25, 0.3) is 0 Å². The van der Waals surface area contributed by atoms with E-state index in [0.717, 1.165) is 38.5 Å². The number of rotatable bonds is 21. The van der Waals surface area contributed by atoms with Crippen molar-refractivity contribution in [3.63, 3.8) is 0 Å². The molecule has 4 rings (SSSR count). The van der Waals surface area contributed by atoms with Crippen LogP contribution in [0.15, 0.2) is 66.7 Å². The highest BCUT2D eigenvalue weighted by Gasteiger charge is 2.28. The van der Waals surface area contributed by atoms with Gasteiger partial charge in [0.15, 0.2) is 38.7 Å². The third-order valence-electron chi connectivity index (χ3n) is 9.33. The topological polar surface area (TPSA) is 83.1 Å². The monoisotopic (exact) mass is 1130 g/mol. The van der Waals surface area contributed by atoms with Gasteiger partial charge in [0, 0.05) is 81.4 Å². The fraction of sp³-hybridized carbons (Fsp3) is 0.467. The van der Waals surface area contributed by atoms with E-state index in [-0.39, 0.29) is 58.9 Å². The molecule has 0 aliphatic rings. The van der Waals surface area contributed by atoms with Gasteiger partial charge in [-0.1, -0.05) is 176 Å². The molecule has 0 aliphatic carbocycles. The number of methoxy groups -OCH3 is 5. The van der Waals surface area contributed by atoms with Crippen LogP contribution in [0.1, 0.15) is 0 Å². The molecule has 0 aromatic heterocycles. The fourth-order valence-electron chi connectivity index (χ4n) is 5.77. The maximum atomic E-state index is 6.19. The summed E-state index contributed by atoms with van der Waals surface area (Å²) in [6.45, 7) is 29.0. The zero-order chi connectivity index (χ0) is 50.3. The standard InChI is InChI=1S/C14H26ClO2PSi2.2C11H18ClO2PSi.C9H12ClO3P/c1-16-10-17-14-12(18-15)8-11(19(2,3)4)9-13(14)20(5,6)7;1-13-8-14-10-6-5-9(16(2,3)4)7-11(10)15-12;1-13-8-14-11-9(15-12)6-5-7-10(11)16(2,3)4;1-11-6-13-9-7(12-2)4-3-5-8(9)14-10/h8-9,18H,10H2,1-7H3;2*5-7,15H,8H2,1-4H3;3-5,14H,6H2,1-2H3. The van der Waals surface area contributed by atoms with E-state index in [9.17, 15) is 0 Å². The first-order chi connectivity index (χ1) is 30.9. The summed E-state index contributed by atoms with van der Waals surface area (Å²) in [7, 11) is 3.33. The molecular formula is C45H74Cl4O9P4Si4. The van der Waals surface area contributed by atoms with Crippen LogP contribution in [0, 0.1) is 0 Å². The molecule has 4 atom stereocenters. The smallest absolute Gasteiger partial charge is 0.188 e. The van der Waals surface area contributed by atoms with Crippen LogP contribution >= 0.6 is 76.7 Å². The Bertz CT molecular complexity index is 2010. The molecule has 4 unspecified atom stereocenters. The summed E-state index contributed by atoms with van der Waals surface area (Å²) in [5, 5.41) is 9.71. The Balaban J connectivity index is 0.000000444. The highest BCUT2D eigenvalue weighted by atomic mass is 35.7. The van der Waals surface area contributed by atoms with E-state index in [0.29, 0.717) is 11.5 Å². The average Bonchev–Trinajstić information content (AvgIpc) is 3.27. The van der Waals surface area contributed by atoms with Crippen molar-refractivity contribution in [2.45, 2.75) is 78.6 Å². The SMILES string of the molecule is COCOc1c(OC)cccc1PCl.COCOc1c(PCl)cc([Si](C)(C)C)cc1[Si](C)(C)C.COCOc1c(PCl)cccc1[Si](C)(C)C.COCOc1ccc([Si](C)(C)C)cc1PCl. The van der Waals surface area contributed by atoms with E-state index in [1.165, 1.54) is 20.7 Å². The lowest BCUT2D eigenvalue weighted by molar-refractivity contribution is 0.0499. The molecule has 0 bridgehead atoms. The molecule has 21 heteroatoms. The van der Waals surface area contributed by atoms with Crippen LogP contribution in [-0.4, -0.2) is 95.0 Å². The summed E-state index contributed by atoms with van der Waals surface area (Å²) in [5.41, 5.74) is 0. The predicted molar refractivity (Wildman–Crippen MR) is 309 cm³/mol. The van der Waals surface area contributed by atoms with Gasteiger partial charge in [0.2, 0.25) is 0 Å². The Labute approximate surface area is 427 Å². The first-order valence-corrected chi connectivity index (χ1v) is 43.1. The molecule has 372 valence electrons. The molecule has 0 saturated carbocycles. The van der Waals surface area contributed by atoms with E-state index >= 15 is 0 Å². The van der Waals surface area contributed by atoms with Crippen LogP contribution in [0.5, 0.6) is 28.7 Å². The normalized spacial score (nSPS) is 12.3. The molecule has 4 aromatic carbocycles. The van der Waals surface area contributed by atoms with Gasteiger partial charge in [-0.2, -0.15) is 0 Å². The lowest BCUT2D eigenvalue weighted by Crippen LogP contribution is -2.47. The lowest BCUT2D eigenvalue weighted by atomic mass is 10.3. The highest BCUT2D eigenvalue weighted by Crippen LogP contribution is 2.32. The minimum absolute atomic E-state index is 0.151. The molecule has 0 spiro atoms. The Hall–Kier alpha value is -0.532. The van der Waals surface area contributed by atoms with Crippen molar-refractivity contribution < 1.29 is 42.6 Å². The zero-order valence-electron chi connectivity index (χ0n) is 41.9. The van der Waals surface area contributed by atoms with Gasteiger partial charge in [0.05, 0.1) is 39.4 Å². The Morgan fingerprint density at radius 3 is 1.21 bits per heavy atom. The summed E-state index contributed by atoms with van der Waals surface area (Å²) >= 11 is 23.9. The van der Waals surface area contributed by atoms with Gasteiger partial charge >= 0.3 is 0 Å². The predicted octanol–water partition coefficient (Wildman–Crippen LogP) is 10.7. The van der Waals surface area contributed by atoms with Crippen molar-refractivity contribution >= 4 is 151 Å². The van der Waals surface area contributed by atoms with Crippen molar-refractivity contribution in [1.82, 2.24) is 0 Å². The van der Waals surface area contributed by atoms with Crippen molar-refractivity contribution in [2.24, 2.45) is 0 Å². The first kappa shape index (κ1) is 63.5. The minimum atomic E-state index is -1.50. The summed E-state index contributed by atoms with van der Waals surface area (Å²) in [4.78, 5) is 0. The van der Waals surface area contributed by atoms with Crippen molar-refractivity contribution in [3.8, 4) is 28.7 Å². The summed E-state index contributed by atoms with van der Waals surface area (Å²) in [6, 6.07) is 22.7. The zero-order valence-corrected chi connectivity index (χ0v) is 52.9. The van der Waals surface area contributed by atoms with Crippen LogP contribution < -0.4 is 65.6 Å². The van der Waals surface area contributed by atoms with Crippen LogP contribution in [0.3, 0.4) is 0 Å². The summed E-state index contributed by atoms with van der Waals surface area (Å²) in [6.07, 6.45) is 0. The van der Waals surface area contributed by atoms with E-state index in [1.807, 2.05) is 30.3 Å². The molecule has 0 N–H and O–H groups in total. The third-order valence-corrected chi connectivity index (χ3v) is 22.2. The van der Waals surface area contributed by atoms with Crippen LogP contribution in [-0.2, 0) is 18.9 Å². The van der Waals surface area contributed by atoms with Crippen LogP contribution in [0.2, 0.25) is 78.6 Å². The van der Waals surface area contributed by atoms with Gasteiger partial charge < -0.3 is 42.6 Å². The quantitative estimate of drug-likeness (QED) is 0.0460. The maximum absolute atomic E-state index is 6.19. The number of para-hydroxylation sites is 2. The summed E-state index contributed by atoms with van der Waals surface area (Å²) in [5.74, 6) is 4.05. The molecule has 66 heavy (non-hydrogen) atoms. The molecule has 0 saturated heterocycles. The summed E-state index contributed by atoms with van der Waals surface area (Å²) < 4.78 is 47.3. The van der Waals surface area contributed by atoms with Crippen molar-refractivity contribution in [2.75, 3.05) is 62.7 Å². The van der Waals surface area contributed by atoms with Crippen molar-refractivity contribution in [1.29, 1.82) is 0 Å². The van der Waals surface area contributed by atoms with E-state index in [1.54, 1.807) is 35.5 Å². The number of hydrogen-bond acceptors (Lipinski definition) is 9. The molecule has 9 nitrogen and oxygen atoms in total. The Morgan fingerprint density at radius 2 is 0.788 bits per heavy atom. The minimum Gasteiger partial charge on any atom is -0.493 e. The second-order valence-corrected chi connectivity index (χ2v) is 44.1. The maximum Gasteiger partial charge on any atom is 0.188 e. The molecule has 0 aliphatic heterocycles. The third kappa shape index (κ3) is 21.8. The van der Waals surface area contributed by atoms with Crippen LogP contribution in [0.4, 0.5) is 0 Å². The van der Waals surface area contributed by atoms with Gasteiger partial charge in [-0.05, 0) is 34.6 Å². The largest absolute Gasteiger partial charge is 0.493 e. The molecular weight excluding hydrogens is 1060 g/mol. The fourth-order valence-corrected chi connectivity index (χ4v) is 15.3. The Morgan fingerprint density at radius 1 is 0.379 bits per heavy atom. The number of benzene rings is 4. The molecule has 0 amide bonds. The van der Waals surface area contributed by atoms with Gasteiger partial charge in [0.1, 0.15) is 17.2 Å². The Kier molecular flexibility index (Phi) is 30.5. The highest BCUT2D eigenvalue weighted by molar-refractivity contribution is 7.76. The average molecular weight is 1140 g/mol. The second-order valence-electron chi connectivity index (χ2n) is 18.7. The molecule has 4 aromatic rings. The number of halogens is 4. The van der Waals surface area contributed by atoms with E-state index in [2.05, 4.69) is 115 Å². The van der Waals surface area contributed by atoms with Crippen molar-refractivity contribution in [3.05, 3.63) is 66.7 Å². The number of ether oxygens (including phenoxy) is 9.